The van der Waals surface area contributed by atoms with Crippen LogP contribution in [0.5, 0.6) is 0 Å². The van der Waals surface area contributed by atoms with Crippen LogP contribution in [-0.2, 0) is 13.1 Å². The largest absolute Gasteiger partial charge is 0.465 e. The molecule has 2 rings (SSSR count). The van der Waals surface area contributed by atoms with E-state index in [1.54, 1.807) is 0 Å². The number of nitrogens with zero attached hydrogens (tertiary/aromatic N) is 1. The summed E-state index contributed by atoms with van der Waals surface area (Å²) in [4.78, 5) is 2.51. The van der Waals surface area contributed by atoms with E-state index < -0.39 is 0 Å². The number of aryl methyl sites for hydroxylation is 1. The third kappa shape index (κ3) is 3.27. The van der Waals surface area contributed by atoms with Gasteiger partial charge in [-0.25, -0.2) is 0 Å². The first-order chi connectivity index (χ1) is 8.00. The predicted molar refractivity (Wildman–Crippen MR) is 73.2 cm³/mol. The Kier molecular flexibility index (Phi) is 3.85. The van der Waals surface area contributed by atoms with Crippen LogP contribution in [0, 0.1) is 6.92 Å². The van der Waals surface area contributed by atoms with Gasteiger partial charge in [0, 0.05) is 35.7 Å². The van der Waals surface area contributed by atoms with Crippen LogP contribution < -0.4 is 5.73 Å². The summed E-state index contributed by atoms with van der Waals surface area (Å²) in [5.74, 6) is 3.12. The Morgan fingerprint density at radius 2 is 2.29 bits per heavy atom. The Balaban J connectivity index is 2.02. The molecule has 96 valence electrons. The second-order valence-corrected chi connectivity index (χ2v) is 7.12. The maximum absolute atomic E-state index is 5.60. The zero-order valence-corrected chi connectivity index (χ0v) is 11.8. The van der Waals surface area contributed by atoms with Gasteiger partial charge in [0.05, 0.1) is 6.54 Å². The van der Waals surface area contributed by atoms with Crippen LogP contribution in [-0.4, -0.2) is 28.5 Å². The Labute approximate surface area is 108 Å². The summed E-state index contributed by atoms with van der Waals surface area (Å²) in [6, 6.07) is 2.10. The standard InChI is InChI=1S/C13H22N2OS/c1-10-11(6-12(7-14)16-10)8-15-4-5-17-13(2,3)9-15/h6H,4-5,7-9,14H2,1-3H3. The molecule has 1 aliphatic heterocycles. The van der Waals surface area contributed by atoms with Crippen molar-refractivity contribution in [3.8, 4) is 0 Å². The molecule has 3 nitrogen and oxygen atoms in total. The lowest BCUT2D eigenvalue weighted by atomic mass is 10.1. The van der Waals surface area contributed by atoms with Gasteiger partial charge < -0.3 is 10.2 Å². The van der Waals surface area contributed by atoms with Crippen molar-refractivity contribution in [2.45, 2.75) is 38.6 Å². The average Bonchev–Trinajstić information content (AvgIpc) is 2.58. The van der Waals surface area contributed by atoms with Gasteiger partial charge in [-0.05, 0) is 26.8 Å². The Morgan fingerprint density at radius 1 is 1.53 bits per heavy atom. The molecule has 17 heavy (non-hydrogen) atoms. The van der Waals surface area contributed by atoms with E-state index >= 15 is 0 Å². The van der Waals surface area contributed by atoms with E-state index in [1.165, 1.54) is 11.3 Å². The van der Waals surface area contributed by atoms with Crippen molar-refractivity contribution < 1.29 is 4.42 Å². The lowest BCUT2D eigenvalue weighted by molar-refractivity contribution is 0.251. The number of hydrogen-bond acceptors (Lipinski definition) is 4. The fraction of sp³-hybridized carbons (Fsp3) is 0.692. The van der Waals surface area contributed by atoms with Crippen LogP contribution in [0.4, 0.5) is 0 Å². The van der Waals surface area contributed by atoms with Crippen molar-refractivity contribution in [2.24, 2.45) is 5.73 Å². The van der Waals surface area contributed by atoms with Crippen LogP contribution >= 0.6 is 11.8 Å². The summed E-state index contributed by atoms with van der Waals surface area (Å²) in [6.07, 6.45) is 0. The van der Waals surface area contributed by atoms with E-state index in [9.17, 15) is 0 Å². The van der Waals surface area contributed by atoms with Gasteiger partial charge in [-0.1, -0.05) is 0 Å². The zero-order valence-electron chi connectivity index (χ0n) is 11.0. The quantitative estimate of drug-likeness (QED) is 0.899. The van der Waals surface area contributed by atoms with Crippen molar-refractivity contribution >= 4 is 11.8 Å². The van der Waals surface area contributed by atoms with Gasteiger partial charge in [0.25, 0.3) is 0 Å². The van der Waals surface area contributed by atoms with Gasteiger partial charge in [0.1, 0.15) is 11.5 Å². The van der Waals surface area contributed by atoms with Gasteiger partial charge in [-0.3, -0.25) is 4.90 Å². The molecule has 1 saturated heterocycles. The van der Waals surface area contributed by atoms with E-state index in [0.29, 0.717) is 11.3 Å². The maximum atomic E-state index is 5.60. The molecule has 4 heteroatoms. The minimum Gasteiger partial charge on any atom is -0.465 e. The first kappa shape index (κ1) is 13.0. The lowest BCUT2D eigenvalue weighted by Gasteiger charge is -2.37. The van der Waals surface area contributed by atoms with Crippen LogP contribution in [0.1, 0.15) is 30.9 Å². The molecule has 0 amide bonds. The average molecular weight is 254 g/mol. The molecular weight excluding hydrogens is 232 g/mol. The minimum absolute atomic E-state index is 0.368. The van der Waals surface area contributed by atoms with E-state index in [-0.39, 0.29) is 0 Å². The van der Waals surface area contributed by atoms with Crippen LogP contribution in [0.2, 0.25) is 0 Å². The van der Waals surface area contributed by atoms with Gasteiger partial charge >= 0.3 is 0 Å². The lowest BCUT2D eigenvalue weighted by Crippen LogP contribution is -2.42. The molecule has 1 aromatic rings. The third-order valence-electron chi connectivity index (χ3n) is 3.17. The number of rotatable bonds is 3. The minimum atomic E-state index is 0.368. The number of nitrogens with two attached hydrogens (primary N) is 1. The highest BCUT2D eigenvalue weighted by molar-refractivity contribution is 8.00. The highest BCUT2D eigenvalue weighted by Gasteiger charge is 2.27. The van der Waals surface area contributed by atoms with Crippen molar-refractivity contribution in [1.29, 1.82) is 0 Å². The van der Waals surface area contributed by atoms with Crippen molar-refractivity contribution in [3.05, 3.63) is 23.2 Å². The molecule has 0 aromatic carbocycles. The van der Waals surface area contributed by atoms with Gasteiger partial charge in [-0.15, -0.1) is 0 Å². The molecule has 0 radical (unpaired) electrons. The fourth-order valence-electron chi connectivity index (χ4n) is 2.34. The molecule has 0 atom stereocenters. The summed E-state index contributed by atoms with van der Waals surface area (Å²) in [5, 5.41) is 0. The monoisotopic (exact) mass is 254 g/mol. The normalized spacial score (nSPS) is 20.7. The van der Waals surface area contributed by atoms with E-state index in [2.05, 4.69) is 36.6 Å². The van der Waals surface area contributed by atoms with Crippen LogP contribution in [0.3, 0.4) is 0 Å². The van der Waals surface area contributed by atoms with Crippen molar-refractivity contribution in [2.75, 3.05) is 18.8 Å². The van der Waals surface area contributed by atoms with E-state index in [4.69, 9.17) is 10.2 Å². The van der Waals surface area contributed by atoms with Crippen molar-refractivity contribution in [3.63, 3.8) is 0 Å². The molecule has 0 saturated carbocycles. The smallest absolute Gasteiger partial charge is 0.118 e. The van der Waals surface area contributed by atoms with E-state index in [1.807, 2.05) is 6.92 Å². The summed E-state index contributed by atoms with van der Waals surface area (Å²) in [6.45, 7) is 10.4. The summed E-state index contributed by atoms with van der Waals surface area (Å²) in [7, 11) is 0. The maximum Gasteiger partial charge on any atom is 0.118 e. The van der Waals surface area contributed by atoms with E-state index in [0.717, 1.165) is 31.2 Å². The molecule has 1 aromatic heterocycles. The Bertz CT molecular complexity index is 387. The molecule has 0 spiro atoms. The molecule has 0 unspecified atom stereocenters. The molecule has 1 aliphatic rings. The molecule has 2 N–H and O–H groups in total. The molecule has 1 fully saturated rings. The highest BCUT2D eigenvalue weighted by Crippen LogP contribution is 2.30. The Hall–Kier alpha value is -0.450. The number of thioether (sulfide) groups is 1. The van der Waals surface area contributed by atoms with Crippen molar-refractivity contribution in [1.82, 2.24) is 4.90 Å². The van der Waals surface area contributed by atoms with Crippen LogP contribution in [0.25, 0.3) is 0 Å². The van der Waals surface area contributed by atoms with Gasteiger partial charge in [0.2, 0.25) is 0 Å². The summed E-state index contributed by atoms with van der Waals surface area (Å²) < 4.78 is 5.97. The molecule has 0 aliphatic carbocycles. The molecule has 0 bridgehead atoms. The fourth-order valence-corrected chi connectivity index (χ4v) is 3.51. The SMILES string of the molecule is Cc1oc(CN)cc1CN1CCSC(C)(C)C1. The summed E-state index contributed by atoms with van der Waals surface area (Å²) in [5.41, 5.74) is 6.88. The Morgan fingerprint density at radius 3 is 2.88 bits per heavy atom. The molecule has 2 heterocycles. The third-order valence-corrected chi connectivity index (χ3v) is 4.47. The second kappa shape index (κ2) is 5.04. The zero-order chi connectivity index (χ0) is 12.5. The number of furan rings is 1. The predicted octanol–water partition coefficient (Wildman–Crippen LogP) is 2.37. The highest BCUT2D eigenvalue weighted by atomic mass is 32.2. The topological polar surface area (TPSA) is 42.4 Å². The summed E-state index contributed by atoms with van der Waals surface area (Å²) >= 11 is 2.06. The van der Waals surface area contributed by atoms with Gasteiger partial charge in [0.15, 0.2) is 0 Å². The molecular formula is C13H22N2OS. The second-order valence-electron chi connectivity index (χ2n) is 5.32. The van der Waals surface area contributed by atoms with Crippen LogP contribution in [0.15, 0.2) is 10.5 Å². The number of hydrogen-bond donors (Lipinski definition) is 1. The van der Waals surface area contributed by atoms with Gasteiger partial charge in [-0.2, -0.15) is 11.8 Å². The first-order valence-electron chi connectivity index (χ1n) is 6.15. The first-order valence-corrected chi connectivity index (χ1v) is 7.13.